The fourth-order valence-electron chi connectivity index (χ4n) is 4.27. The molecule has 200 valence electrons. The standard InChI is InChI=1S/C27H37N5O5/c1-28-25(33)24(26(34)30-36)31(2)27(35)22-8-6-20(7-9-22)21-10-12-23(13-11-21)29-14-4-3-5-15-32-16-18-37-19-17-32/h6-13,24,29,36H,3-5,14-19H2,1-2H3,(H,28,33)(H,30,34). The van der Waals surface area contributed by atoms with Crippen molar-refractivity contribution in [1.29, 1.82) is 0 Å². The molecule has 0 spiro atoms. The van der Waals surface area contributed by atoms with Crippen LogP contribution in [0.15, 0.2) is 48.5 Å². The molecule has 3 amide bonds. The van der Waals surface area contributed by atoms with E-state index < -0.39 is 23.8 Å². The number of hydroxylamine groups is 1. The zero-order valence-corrected chi connectivity index (χ0v) is 21.5. The van der Waals surface area contributed by atoms with E-state index >= 15 is 0 Å². The van der Waals surface area contributed by atoms with E-state index in [-0.39, 0.29) is 0 Å². The zero-order chi connectivity index (χ0) is 26.6. The highest BCUT2D eigenvalue weighted by atomic mass is 16.5. The van der Waals surface area contributed by atoms with Crippen molar-refractivity contribution in [2.75, 3.05) is 58.8 Å². The van der Waals surface area contributed by atoms with Crippen LogP contribution in [-0.4, -0.2) is 92.3 Å². The fraction of sp³-hybridized carbons (Fsp3) is 0.444. The molecule has 4 N–H and O–H groups in total. The summed E-state index contributed by atoms with van der Waals surface area (Å²) in [6, 6.07) is 13.6. The molecule has 1 saturated heterocycles. The van der Waals surface area contributed by atoms with Crippen molar-refractivity contribution in [2.45, 2.75) is 25.3 Å². The van der Waals surface area contributed by atoms with Gasteiger partial charge in [0.05, 0.1) is 13.2 Å². The van der Waals surface area contributed by atoms with E-state index in [2.05, 4.69) is 15.5 Å². The van der Waals surface area contributed by atoms with Gasteiger partial charge in [0.1, 0.15) is 0 Å². The van der Waals surface area contributed by atoms with Crippen molar-refractivity contribution in [3.05, 3.63) is 54.1 Å². The van der Waals surface area contributed by atoms with Gasteiger partial charge in [0.15, 0.2) is 6.04 Å². The Bertz CT molecular complexity index is 1010. The summed E-state index contributed by atoms with van der Waals surface area (Å²) in [4.78, 5) is 40.2. The van der Waals surface area contributed by atoms with Gasteiger partial charge in [0, 0.05) is 45.0 Å². The van der Waals surface area contributed by atoms with Gasteiger partial charge in [-0.05, 0) is 54.8 Å². The number of likely N-dealkylation sites (N-methyl/N-ethyl adjacent to an activating group) is 2. The molecule has 0 saturated carbocycles. The molecular formula is C27H37N5O5. The summed E-state index contributed by atoms with van der Waals surface area (Å²) in [5.41, 5.74) is 4.75. The second-order valence-corrected chi connectivity index (χ2v) is 9.01. The Morgan fingerprint density at radius 1 is 0.946 bits per heavy atom. The molecule has 2 aromatic rings. The van der Waals surface area contributed by atoms with Gasteiger partial charge >= 0.3 is 0 Å². The number of ether oxygens (including phenoxy) is 1. The number of anilines is 1. The number of hydrogen-bond acceptors (Lipinski definition) is 7. The number of rotatable bonds is 12. The van der Waals surface area contributed by atoms with E-state index in [0.29, 0.717) is 5.56 Å². The van der Waals surface area contributed by atoms with Crippen LogP contribution in [0.5, 0.6) is 0 Å². The zero-order valence-electron chi connectivity index (χ0n) is 21.5. The quantitative estimate of drug-likeness (QED) is 0.149. The minimum absolute atomic E-state index is 0.317. The van der Waals surface area contributed by atoms with E-state index in [1.165, 1.54) is 32.4 Å². The summed E-state index contributed by atoms with van der Waals surface area (Å²) in [5.74, 6) is -2.22. The van der Waals surface area contributed by atoms with Crippen LogP contribution in [0.1, 0.15) is 29.6 Å². The lowest BCUT2D eigenvalue weighted by Crippen LogP contribution is -2.54. The molecule has 2 aromatic carbocycles. The Labute approximate surface area is 217 Å². The molecule has 1 unspecified atom stereocenters. The fourth-order valence-corrected chi connectivity index (χ4v) is 4.27. The molecule has 10 heteroatoms. The maximum absolute atomic E-state index is 12.8. The number of amides is 3. The molecule has 37 heavy (non-hydrogen) atoms. The number of hydrogen-bond donors (Lipinski definition) is 4. The summed E-state index contributed by atoms with van der Waals surface area (Å²) in [6.45, 7) is 5.86. The smallest absolute Gasteiger partial charge is 0.275 e. The highest BCUT2D eigenvalue weighted by Crippen LogP contribution is 2.22. The highest BCUT2D eigenvalue weighted by molar-refractivity contribution is 6.08. The Hall–Kier alpha value is -3.47. The Morgan fingerprint density at radius 2 is 1.57 bits per heavy atom. The maximum Gasteiger partial charge on any atom is 0.275 e. The van der Waals surface area contributed by atoms with Crippen LogP contribution in [0.25, 0.3) is 11.1 Å². The van der Waals surface area contributed by atoms with Crippen molar-refractivity contribution in [3.63, 3.8) is 0 Å². The van der Waals surface area contributed by atoms with E-state index in [0.717, 1.165) is 67.5 Å². The minimum atomic E-state index is -1.49. The second kappa shape index (κ2) is 14.3. The Balaban J connectivity index is 1.48. The largest absolute Gasteiger partial charge is 0.385 e. The SMILES string of the molecule is CNC(=O)C(C(=O)NO)N(C)C(=O)c1ccc(-c2ccc(NCCCCCN3CCOCC3)cc2)cc1. The van der Waals surface area contributed by atoms with E-state index in [4.69, 9.17) is 9.94 Å². The summed E-state index contributed by atoms with van der Waals surface area (Å²) >= 11 is 0. The van der Waals surface area contributed by atoms with Gasteiger partial charge < -0.3 is 20.3 Å². The van der Waals surface area contributed by atoms with Gasteiger partial charge in [-0.25, -0.2) is 5.48 Å². The summed E-state index contributed by atoms with van der Waals surface area (Å²) < 4.78 is 5.38. The van der Waals surface area contributed by atoms with Crippen LogP contribution >= 0.6 is 0 Å². The number of nitrogens with one attached hydrogen (secondary N) is 3. The number of benzene rings is 2. The van der Waals surface area contributed by atoms with Crippen molar-refractivity contribution >= 4 is 23.4 Å². The van der Waals surface area contributed by atoms with E-state index in [9.17, 15) is 14.4 Å². The minimum Gasteiger partial charge on any atom is -0.385 e. The normalized spacial score (nSPS) is 14.5. The monoisotopic (exact) mass is 511 g/mol. The topological polar surface area (TPSA) is 123 Å². The third-order valence-electron chi connectivity index (χ3n) is 6.49. The first-order valence-electron chi connectivity index (χ1n) is 12.6. The predicted molar refractivity (Wildman–Crippen MR) is 141 cm³/mol. The van der Waals surface area contributed by atoms with E-state index in [1.807, 2.05) is 36.4 Å². The first-order chi connectivity index (χ1) is 17.9. The third kappa shape index (κ3) is 8.01. The van der Waals surface area contributed by atoms with Crippen molar-refractivity contribution in [1.82, 2.24) is 20.6 Å². The first kappa shape index (κ1) is 28.1. The lowest BCUT2D eigenvalue weighted by atomic mass is 10.0. The molecule has 1 atom stereocenters. The lowest BCUT2D eigenvalue weighted by Gasteiger charge is -2.26. The van der Waals surface area contributed by atoms with Crippen LogP contribution in [0.3, 0.4) is 0 Å². The molecule has 3 rings (SSSR count). The summed E-state index contributed by atoms with van der Waals surface area (Å²) in [5, 5.41) is 14.7. The van der Waals surface area contributed by atoms with Gasteiger partial charge in [-0.15, -0.1) is 0 Å². The molecule has 10 nitrogen and oxygen atoms in total. The number of carbonyl (C=O) groups excluding carboxylic acids is 3. The van der Waals surface area contributed by atoms with Crippen LogP contribution in [0.2, 0.25) is 0 Å². The van der Waals surface area contributed by atoms with Crippen LogP contribution < -0.4 is 16.1 Å². The molecule has 0 radical (unpaired) electrons. The average molecular weight is 512 g/mol. The average Bonchev–Trinajstić information content (AvgIpc) is 2.95. The molecule has 0 bridgehead atoms. The molecular weight excluding hydrogens is 474 g/mol. The molecule has 1 heterocycles. The second-order valence-electron chi connectivity index (χ2n) is 9.01. The first-order valence-corrected chi connectivity index (χ1v) is 12.6. The Morgan fingerprint density at radius 3 is 2.16 bits per heavy atom. The summed E-state index contributed by atoms with van der Waals surface area (Å²) in [7, 11) is 2.68. The van der Waals surface area contributed by atoms with Gasteiger partial charge in [-0.1, -0.05) is 30.7 Å². The number of unbranched alkanes of at least 4 members (excludes halogenated alkanes) is 2. The number of carbonyl (C=O) groups is 3. The van der Waals surface area contributed by atoms with Gasteiger partial charge in [-0.3, -0.25) is 24.5 Å². The van der Waals surface area contributed by atoms with Crippen molar-refractivity contribution in [3.8, 4) is 11.1 Å². The maximum atomic E-state index is 12.8. The molecule has 0 aromatic heterocycles. The van der Waals surface area contributed by atoms with Crippen LogP contribution in [-0.2, 0) is 14.3 Å². The van der Waals surface area contributed by atoms with Gasteiger partial charge in [0.2, 0.25) is 0 Å². The third-order valence-corrected chi connectivity index (χ3v) is 6.49. The van der Waals surface area contributed by atoms with Crippen LogP contribution in [0, 0.1) is 0 Å². The molecule has 1 fully saturated rings. The Kier molecular flexibility index (Phi) is 10.9. The number of nitrogens with zero attached hydrogens (tertiary/aromatic N) is 2. The molecule has 1 aliphatic rings. The van der Waals surface area contributed by atoms with Crippen LogP contribution in [0.4, 0.5) is 5.69 Å². The van der Waals surface area contributed by atoms with Crippen molar-refractivity contribution in [2.24, 2.45) is 0 Å². The predicted octanol–water partition coefficient (Wildman–Crippen LogP) is 1.96. The van der Waals surface area contributed by atoms with Gasteiger partial charge in [-0.2, -0.15) is 0 Å². The molecule has 1 aliphatic heterocycles. The summed E-state index contributed by atoms with van der Waals surface area (Å²) in [6.07, 6.45) is 3.52. The van der Waals surface area contributed by atoms with Crippen molar-refractivity contribution < 1.29 is 24.3 Å². The number of morpholine rings is 1. The molecule has 0 aliphatic carbocycles. The lowest BCUT2D eigenvalue weighted by molar-refractivity contribution is -0.140. The van der Waals surface area contributed by atoms with Gasteiger partial charge in [0.25, 0.3) is 17.7 Å². The van der Waals surface area contributed by atoms with E-state index in [1.54, 1.807) is 12.1 Å². The highest BCUT2D eigenvalue weighted by Gasteiger charge is 2.33.